The minimum atomic E-state index is -0.863. The maximum absolute atomic E-state index is 12.2. The number of piperidine rings is 1. The summed E-state index contributed by atoms with van der Waals surface area (Å²) in [5.74, 6) is -0.724. The molecule has 2 heterocycles. The molecule has 0 unspecified atom stereocenters. The van der Waals surface area contributed by atoms with Crippen LogP contribution in [0.15, 0.2) is 10.7 Å². The molecule has 20 heavy (non-hydrogen) atoms. The van der Waals surface area contributed by atoms with Crippen molar-refractivity contribution in [3.8, 4) is 0 Å². The van der Waals surface area contributed by atoms with Crippen molar-refractivity contribution in [1.29, 1.82) is 0 Å². The molecular formula is C13H18N2O5. The Balaban J connectivity index is 1.78. The van der Waals surface area contributed by atoms with Crippen LogP contribution in [0.3, 0.4) is 0 Å². The number of ether oxygens (including phenoxy) is 1. The number of likely N-dealkylation sites (tertiary alicyclic amines) is 1. The molecule has 7 heteroatoms. The van der Waals surface area contributed by atoms with Gasteiger partial charge in [0.15, 0.2) is 0 Å². The minimum absolute atomic E-state index is 0.0103. The predicted octanol–water partition coefficient (Wildman–Crippen LogP) is 1.08. The van der Waals surface area contributed by atoms with Gasteiger partial charge in [0.1, 0.15) is 0 Å². The maximum Gasteiger partial charge on any atom is 0.305 e. The second kappa shape index (κ2) is 6.51. The van der Waals surface area contributed by atoms with E-state index in [1.807, 2.05) is 0 Å². The van der Waals surface area contributed by atoms with E-state index in [9.17, 15) is 9.59 Å². The van der Waals surface area contributed by atoms with Crippen molar-refractivity contribution in [3.05, 3.63) is 17.5 Å². The number of carboxylic acids is 1. The SMILES string of the molecule is Cc1cnoc1C(=O)N1CCC(OCCC(=O)O)CC1. The van der Waals surface area contributed by atoms with Gasteiger partial charge in [-0.2, -0.15) is 0 Å². The van der Waals surface area contributed by atoms with E-state index in [1.54, 1.807) is 11.8 Å². The zero-order valence-corrected chi connectivity index (χ0v) is 11.4. The van der Waals surface area contributed by atoms with Crippen molar-refractivity contribution in [2.75, 3.05) is 19.7 Å². The van der Waals surface area contributed by atoms with Crippen molar-refractivity contribution in [2.24, 2.45) is 0 Å². The normalized spacial score (nSPS) is 16.4. The van der Waals surface area contributed by atoms with Gasteiger partial charge < -0.3 is 19.3 Å². The smallest absolute Gasteiger partial charge is 0.305 e. The van der Waals surface area contributed by atoms with E-state index < -0.39 is 5.97 Å². The number of carboxylic acid groups (broad SMARTS) is 1. The molecular weight excluding hydrogens is 264 g/mol. The molecule has 0 aliphatic carbocycles. The van der Waals surface area contributed by atoms with Gasteiger partial charge >= 0.3 is 5.97 Å². The van der Waals surface area contributed by atoms with E-state index in [0.29, 0.717) is 25.9 Å². The number of aryl methyl sites for hydroxylation is 1. The number of aromatic nitrogens is 1. The molecule has 1 aromatic rings. The molecule has 110 valence electrons. The third-order valence-electron chi connectivity index (χ3n) is 3.34. The number of hydrogen-bond donors (Lipinski definition) is 1. The van der Waals surface area contributed by atoms with E-state index in [-0.39, 0.29) is 30.8 Å². The summed E-state index contributed by atoms with van der Waals surface area (Å²) in [6.07, 6.45) is 2.97. The van der Waals surface area contributed by atoms with Crippen LogP contribution in [-0.4, -0.2) is 52.8 Å². The van der Waals surface area contributed by atoms with Crippen LogP contribution in [0, 0.1) is 6.92 Å². The Morgan fingerprint density at radius 2 is 2.20 bits per heavy atom. The Bertz CT molecular complexity index is 477. The first kappa shape index (κ1) is 14.5. The van der Waals surface area contributed by atoms with E-state index in [1.165, 1.54) is 6.20 Å². The number of aliphatic carboxylic acids is 1. The molecule has 1 aliphatic heterocycles. The molecule has 1 aromatic heterocycles. The number of nitrogens with zero attached hydrogens (tertiary/aromatic N) is 2. The quantitative estimate of drug-likeness (QED) is 0.868. The van der Waals surface area contributed by atoms with Gasteiger partial charge in [0.25, 0.3) is 5.91 Å². The second-order valence-corrected chi connectivity index (χ2v) is 4.84. The average Bonchev–Trinajstić information content (AvgIpc) is 2.84. The summed E-state index contributed by atoms with van der Waals surface area (Å²) < 4.78 is 10.4. The van der Waals surface area contributed by atoms with Crippen LogP contribution < -0.4 is 0 Å². The van der Waals surface area contributed by atoms with Gasteiger partial charge in [0.05, 0.1) is 25.3 Å². The molecule has 0 aromatic carbocycles. The Morgan fingerprint density at radius 1 is 1.50 bits per heavy atom. The second-order valence-electron chi connectivity index (χ2n) is 4.84. The van der Waals surface area contributed by atoms with Crippen LogP contribution in [0.1, 0.15) is 35.4 Å². The van der Waals surface area contributed by atoms with Gasteiger partial charge in [-0.3, -0.25) is 9.59 Å². The van der Waals surface area contributed by atoms with Crippen molar-refractivity contribution in [1.82, 2.24) is 10.1 Å². The number of carbonyl (C=O) groups is 2. The van der Waals surface area contributed by atoms with Gasteiger partial charge in [-0.1, -0.05) is 5.16 Å². The van der Waals surface area contributed by atoms with Crippen molar-refractivity contribution >= 4 is 11.9 Å². The largest absolute Gasteiger partial charge is 0.481 e. The Morgan fingerprint density at radius 3 is 2.75 bits per heavy atom. The van der Waals surface area contributed by atoms with Gasteiger partial charge in [-0.25, -0.2) is 0 Å². The summed E-state index contributed by atoms with van der Waals surface area (Å²) in [5.41, 5.74) is 0.731. The van der Waals surface area contributed by atoms with E-state index in [0.717, 1.165) is 5.56 Å². The third kappa shape index (κ3) is 3.57. The molecule has 2 rings (SSSR count). The summed E-state index contributed by atoms with van der Waals surface area (Å²) >= 11 is 0. The van der Waals surface area contributed by atoms with Crippen LogP contribution >= 0.6 is 0 Å². The van der Waals surface area contributed by atoms with Crippen molar-refractivity contribution in [2.45, 2.75) is 32.3 Å². The number of amides is 1. The molecule has 1 amide bonds. The van der Waals surface area contributed by atoms with Crippen LogP contribution in [0.5, 0.6) is 0 Å². The van der Waals surface area contributed by atoms with Crippen molar-refractivity contribution < 1.29 is 24.0 Å². The molecule has 7 nitrogen and oxygen atoms in total. The van der Waals surface area contributed by atoms with Crippen LogP contribution in [-0.2, 0) is 9.53 Å². The Labute approximate surface area is 116 Å². The lowest BCUT2D eigenvalue weighted by molar-refractivity contribution is -0.138. The lowest BCUT2D eigenvalue weighted by Gasteiger charge is -2.31. The Hall–Kier alpha value is -1.89. The highest BCUT2D eigenvalue weighted by atomic mass is 16.5. The molecule has 0 saturated carbocycles. The lowest BCUT2D eigenvalue weighted by Crippen LogP contribution is -2.41. The molecule has 0 atom stereocenters. The summed E-state index contributed by atoms with van der Waals surface area (Å²) in [4.78, 5) is 24.3. The molecule has 1 saturated heterocycles. The predicted molar refractivity (Wildman–Crippen MR) is 68.4 cm³/mol. The van der Waals surface area contributed by atoms with Crippen LogP contribution in [0.25, 0.3) is 0 Å². The molecule has 0 bridgehead atoms. The average molecular weight is 282 g/mol. The zero-order valence-electron chi connectivity index (χ0n) is 11.4. The number of hydrogen-bond acceptors (Lipinski definition) is 5. The van der Waals surface area contributed by atoms with Crippen LogP contribution in [0.4, 0.5) is 0 Å². The summed E-state index contributed by atoms with van der Waals surface area (Å²) in [7, 11) is 0. The Kier molecular flexibility index (Phi) is 4.73. The van der Waals surface area contributed by atoms with Gasteiger partial charge in [0, 0.05) is 18.7 Å². The first-order valence-electron chi connectivity index (χ1n) is 6.62. The fourth-order valence-electron chi connectivity index (χ4n) is 2.18. The summed E-state index contributed by atoms with van der Waals surface area (Å²) in [5, 5.41) is 12.1. The van der Waals surface area contributed by atoms with Gasteiger partial charge in [-0.15, -0.1) is 0 Å². The minimum Gasteiger partial charge on any atom is -0.481 e. The molecule has 1 N–H and O–H groups in total. The highest BCUT2D eigenvalue weighted by molar-refractivity contribution is 5.92. The first-order chi connectivity index (χ1) is 9.58. The van der Waals surface area contributed by atoms with E-state index >= 15 is 0 Å². The van der Waals surface area contributed by atoms with Crippen LogP contribution in [0.2, 0.25) is 0 Å². The molecule has 0 radical (unpaired) electrons. The zero-order chi connectivity index (χ0) is 14.5. The van der Waals surface area contributed by atoms with Gasteiger partial charge in [0.2, 0.25) is 5.76 Å². The van der Waals surface area contributed by atoms with E-state index in [4.69, 9.17) is 14.4 Å². The molecule has 1 fully saturated rings. The number of rotatable bonds is 5. The lowest BCUT2D eigenvalue weighted by atomic mass is 10.1. The standard InChI is InChI=1S/C13H18N2O5/c1-9-8-14-20-12(9)13(18)15-5-2-10(3-6-15)19-7-4-11(16)17/h8,10H,2-7H2,1H3,(H,16,17). The third-order valence-corrected chi connectivity index (χ3v) is 3.34. The molecule has 0 spiro atoms. The monoisotopic (exact) mass is 282 g/mol. The van der Waals surface area contributed by atoms with Gasteiger partial charge in [-0.05, 0) is 19.8 Å². The highest BCUT2D eigenvalue weighted by Gasteiger charge is 2.27. The fourth-order valence-corrected chi connectivity index (χ4v) is 2.18. The molecule has 1 aliphatic rings. The summed E-state index contributed by atoms with van der Waals surface area (Å²) in [6.45, 7) is 3.16. The first-order valence-corrected chi connectivity index (χ1v) is 6.62. The topological polar surface area (TPSA) is 92.9 Å². The van der Waals surface area contributed by atoms with Crippen molar-refractivity contribution in [3.63, 3.8) is 0 Å². The highest BCUT2D eigenvalue weighted by Crippen LogP contribution is 2.18. The number of carbonyl (C=O) groups excluding carboxylic acids is 1. The fraction of sp³-hybridized carbons (Fsp3) is 0.615. The maximum atomic E-state index is 12.2. The van der Waals surface area contributed by atoms with E-state index in [2.05, 4.69) is 5.16 Å². The summed E-state index contributed by atoms with van der Waals surface area (Å²) in [6, 6.07) is 0.